The van der Waals surface area contributed by atoms with Crippen LogP contribution < -0.4 is 9.64 Å². The van der Waals surface area contributed by atoms with Gasteiger partial charge in [0.05, 0.1) is 17.9 Å². The molecule has 5 rings (SSSR count). The van der Waals surface area contributed by atoms with Crippen LogP contribution in [0.25, 0.3) is 0 Å². The topological polar surface area (TPSA) is 66.9 Å². The lowest BCUT2D eigenvalue weighted by Gasteiger charge is -2.44. The minimum atomic E-state index is -0.590. The van der Waals surface area contributed by atoms with Gasteiger partial charge in [-0.05, 0) is 50.1 Å². The van der Waals surface area contributed by atoms with Crippen LogP contribution in [0.5, 0.6) is 5.75 Å². The van der Waals surface area contributed by atoms with Gasteiger partial charge in [0.15, 0.2) is 5.78 Å². The Labute approximate surface area is 204 Å². The highest BCUT2D eigenvalue weighted by Crippen LogP contribution is 2.43. The quantitative estimate of drug-likeness (QED) is 0.627. The van der Waals surface area contributed by atoms with Crippen LogP contribution in [0.2, 0.25) is 5.02 Å². The number of anilines is 1. The molecule has 2 aromatic carbocycles. The van der Waals surface area contributed by atoms with E-state index in [-0.39, 0.29) is 29.9 Å². The van der Waals surface area contributed by atoms with Crippen molar-refractivity contribution in [1.82, 2.24) is 4.90 Å². The monoisotopic (exact) mass is 480 g/mol. The number of hydrogen-bond donors (Lipinski definition) is 0. The molecular formula is C27H29ClN2O4. The summed E-state index contributed by atoms with van der Waals surface area (Å²) in [5.74, 6) is 0.308. The zero-order valence-electron chi connectivity index (χ0n) is 19.8. The fourth-order valence-corrected chi connectivity index (χ4v) is 5.67. The average molecular weight is 481 g/mol. The molecule has 3 aliphatic heterocycles. The van der Waals surface area contributed by atoms with E-state index in [1.807, 2.05) is 56.0 Å². The summed E-state index contributed by atoms with van der Waals surface area (Å²) in [4.78, 5) is 42.5. The summed E-state index contributed by atoms with van der Waals surface area (Å²) in [7, 11) is 0. The van der Waals surface area contributed by atoms with E-state index in [4.69, 9.17) is 16.3 Å². The highest BCUT2D eigenvalue weighted by molar-refractivity contribution is 6.32. The van der Waals surface area contributed by atoms with Crippen molar-refractivity contribution in [2.45, 2.75) is 52.1 Å². The number of ether oxygens (including phenoxy) is 1. The third kappa shape index (κ3) is 3.88. The Morgan fingerprint density at radius 2 is 1.76 bits per heavy atom. The summed E-state index contributed by atoms with van der Waals surface area (Å²) in [6.07, 6.45) is 1.71. The summed E-state index contributed by atoms with van der Waals surface area (Å²) in [5, 5.41) is 0.609. The molecule has 2 aromatic rings. The number of rotatable bonds is 2. The number of Topliss-reactive ketones (excluding diaryl/α,β-unsaturated/α-hetero) is 1. The van der Waals surface area contributed by atoms with Gasteiger partial charge in [-0.15, -0.1) is 0 Å². The Hall–Kier alpha value is -2.86. The number of fused-ring (bicyclic) bond motifs is 1. The fraction of sp³-hybridized carbons (Fsp3) is 0.444. The molecule has 0 saturated carbocycles. The Bertz CT molecular complexity index is 1180. The second-order valence-electron chi connectivity index (χ2n) is 9.96. The van der Waals surface area contributed by atoms with Crippen molar-refractivity contribution in [3.63, 3.8) is 0 Å². The SMILES string of the molecule is Cc1ccc(N2CC(C(=O)N3CCC4(CC3)CC(=O)c3c(cc(C)c(Cl)c3C)O4)CC2=O)cc1. The van der Waals surface area contributed by atoms with Gasteiger partial charge in [-0.1, -0.05) is 29.3 Å². The van der Waals surface area contributed by atoms with Crippen LogP contribution >= 0.6 is 11.6 Å². The van der Waals surface area contributed by atoms with Gasteiger partial charge in [0.1, 0.15) is 11.4 Å². The Kier molecular flexibility index (Phi) is 5.67. The van der Waals surface area contributed by atoms with Crippen molar-refractivity contribution >= 4 is 34.9 Å². The van der Waals surface area contributed by atoms with E-state index in [1.165, 1.54) is 0 Å². The molecule has 1 atom stereocenters. The van der Waals surface area contributed by atoms with Crippen LogP contribution in [0, 0.1) is 26.7 Å². The Morgan fingerprint density at radius 3 is 2.44 bits per heavy atom. The van der Waals surface area contributed by atoms with Gasteiger partial charge in [0.25, 0.3) is 0 Å². The molecule has 2 fully saturated rings. The minimum Gasteiger partial charge on any atom is -0.486 e. The summed E-state index contributed by atoms with van der Waals surface area (Å²) < 4.78 is 6.42. The molecule has 0 N–H and O–H groups in total. The molecule has 7 heteroatoms. The van der Waals surface area contributed by atoms with E-state index in [0.717, 1.165) is 22.4 Å². The first-order chi connectivity index (χ1) is 16.2. The summed E-state index contributed by atoms with van der Waals surface area (Å²) in [5.41, 5.74) is 3.62. The molecule has 1 unspecified atom stereocenters. The Morgan fingerprint density at radius 1 is 1.09 bits per heavy atom. The third-order valence-electron chi connectivity index (χ3n) is 7.54. The zero-order chi connectivity index (χ0) is 24.2. The molecule has 1 spiro atoms. The zero-order valence-corrected chi connectivity index (χ0v) is 20.6. The first-order valence-corrected chi connectivity index (χ1v) is 12.2. The number of hydrogen-bond acceptors (Lipinski definition) is 4. The number of benzene rings is 2. The smallest absolute Gasteiger partial charge is 0.228 e. The van der Waals surface area contributed by atoms with Gasteiger partial charge >= 0.3 is 0 Å². The van der Waals surface area contributed by atoms with Gasteiger partial charge in [-0.3, -0.25) is 14.4 Å². The van der Waals surface area contributed by atoms with E-state index in [9.17, 15) is 14.4 Å². The molecule has 178 valence electrons. The predicted octanol–water partition coefficient (Wildman–Crippen LogP) is 4.64. The number of carbonyl (C=O) groups is 3. The highest BCUT2D eigenvalue weighted by Gasteiger charge is 2.46. The number of amides is 2. The molecule has 0 radical (unpaired) electrons. The minimum absolute atomic E-state index is 0.0128. The summed E-state index contributed by atoms with van der Waals surface area (Å²) >= 11 is 6.36. The molecule has 2 amide bonds. The lowest BCUT2D eigenvalue weighted by Crippen LogP contribution is -2.53. The standard InChI is InChI=1S/C27H29ClN2O4/c1-16-4-6-20(7-5-16)30-15-19(13-23(30)32)26(33)29-10-8-27(9-11-29)14-21(31)24-18(3)25(28)17(2)12-22(24)34-27/h4-7,12,19H,8-11,13-15H2,1-3H3. The third-order valence-corrected chi connectivity index (χ3v) is 8.12. The van der Waals surface area contributed by atoms with Crippen molar-refractivity contribution in [3.8, 4) is 5.75 Å². The van der Waals surface area contributed by atoms with Crippen molar-refractivity contribution in [2.75, 3.05) is 24.5 Å². The Balaban J connectivity index is 1.26. The van der Waals surface area contributed by atoms with Crippen molar-refractivity contribution in [3.05, 3.63) is 57.6 Å². The van der Waals surface area contributed by atoms with Crippen LogP contribution in [0.4, 0.5) is 5.69 Å². The van der Waals surface area contributed by atoms with Gasteiger partial charge in [0, 0.05) is 49.6 Å². The number of carbonyl (C=O) groups excluding carboxylic acids is 3. The maximum Gasteiger partial charge on any atom is 0.228 e. The fourth-order valence-electron chi connectivity index (χ4n) is 5.52. The second kappa shape index (κ2) is 8.42. The van der Waals surface area contributed by atoms with Crippen LogP contribution in [0.1, 0.15) is 52.7 Å². The summed E-state index contributed by atoms with van der Waals surface area (Å²) in [6.45, 7) is 7.21. The lowest BCUT2D eigenvalue weighted by atomic mass is 9.81. The van der Waals surface area contributed by atoms with Crippen LogP contribution in [0.15, 0.2) is 30.3 Å². The first-order valence-electron chi connectivity index (χ1n) is 11.9. The number of likely N-dealkylation sites (tertiary alicyclic amines) is 1. The molecule has 34 heavy (non-hydrogen) atoms. The molecule has 0 aromatic heterocycles. The van der Waals surface area contributed by atoms with Crippen LogP contribution in [0.3, 0.4) is 0 Å². The van der Waals surface area contributed by atoms with Gasteiger partial charge < -0.3 is 14.5 Å². The molecule has 3 aliphatic rings. The maximum atomic E-state index is 13.3. The van der Waals surface area contributed by atoms with Crippen molar-refractivity contribution in [1.29, 1.82) is 0 Å². The summed E-state index contributed by atoms with van der Waals surface area (Å²) in [6, 6.07) is 9.66. The highest BCUT2D eigenvalue weighted by atomic mass is 35.5. The number of nitrogens with zero attached hydrogens (tertiary/aromatic N) is 2. The van der Waals surface area contributed by atoms with E-state index >= 15 is 0 Å². The van der Waals surface area contributed by atoms with E-state index in [2.05, 4.69) is 0 Å². The van der Waals surface area contributed by atoms with E-state index in [1.54, 1.807) is 4.90 Å². The van der Waals surface area contributed by atoms with Gasteiger partial charge in [-0.2, -0.15) is 0 Å². The molecule has 0 bridgehead atoms. The normalized spacial score (nSPS) is 21.6. The second-order valence-corrected chi connectivity index (χ2v) is 10.3. The van der Waals surface area contributed by atoms with Crippen molar-refractivity contribution < 1.29 is 19.1 Å². The average Bonchev–Trinajstić information content (AvgIpc) is 3.19. The molecule has 6 nitrogen and oxygen atoms in total. The molecule has 0 aliphatic carbocycles. The molecule has 2 saturated heterocycles. The number of piperidine rings is 1. The lowest BCUT2D eigenvalue weighted by molar-refractivity contribution is -0.139. The van der Waals surface area contributed by atoms with Crippen LogP contribution in [-0.4, -0.2) is 47.7 Å². The maximum absolute atomic E-state index is 13.3. The van der Waals surface area contributed by atoms with Gasteiger partial charge in [0.2, 0.25) is 11.8 Å². The van der Waals surface area contributed by atoms with Crippen LogP contribution in [-0.2, 0) is 9.59 Å². The first kappa shape index (κ1) is 22.9. The van der Waals surface area contributed by atoms with Gasteiger partial charge in [-0.25, -0.2) is 0 Å². The van der Waals surface area contributed by atoms with E-state index < -0.39 is 5.60 Å². The van der Waals surface area contributed by atoms with Crippen molar-refractivity contribution in [2.24, 2.45) is 5.92 Å². The number of halogens is 1. The molecular weight excluding hydrogens is 452 g/mol. The number of ketones is 1. The predicted molar refractivity (Wildman–Crippen MR) is 131 cm³/mol. The molecule has 3 heterocycles. The van der Waals surface area contributed by atoms with E-state index in [0.29, 0.717) is 55.2 Å². The largest absolute Gasteiger partial charge is 0.486 e. The number of aryl methyl sites for hydroxylation is 2.